The van der Waals surface area contributed by atoms with Crippen LogP contribution in [0.2, 0.25) is 0 Å². The Hall–Kier alpha value is -0.850. The van der Waals surface area contributed by atoms with Crippen molar-refractivity contribution in [1.82, 2.24) is 0 Å². The molecule has 2 rings (SSSR count). The molecule has 0 saturated heterocycles. The van der Waals surface area contributed by atoms with Gasteiger partial charge in [0, 0.05) is 12.3 Å². The lowest BCUT2D eigenvalue weighted by Crippen LogP contribution is -2.36. The molecular formula is C15H22O. The second-order valence-electron chi connectivity index (χ2n) is 5.45. The zero-order valence-electron chi connectivity index (χ0n) is 10.3. The SMILES string of the molecule is C=CCC(=O)C1C(C)=CCCC12CCCC2. The molecule has 2 aliphatic carbocycles. The highest BCUT2D eigenvalue weighted by Crippen LogP contribution is 2.53. The van der Waals surface area contributed by atoms with Crippen molar-refractivity contribution in [1.29, 1.82) is 0 Å². The van der Waals surface area contributed by atoms with E-state index in [1.807, 2.05) is 0 Å². The quantitative estimate of drug-likeness (QED) is 0.653. The molecule has 0 aromatic carbocycles. The Morgan fingerprint density at radius 3 is 2.81 bits per heavy atom. The molecule has 0 aromatic rings. The number of hydrogen-bond acceptors (Lipinski definition) is 1. The number of Topliss-reactive ketones (excluding diaryl/α,β-unsaturated/α-hetero) is 1. The van der Waals surface area contributed by atoms with Crippen LogP contribution in [0.3, 0.4) is 0 Å². The second kappa shape index (κ2) is 4.57. The largest absolute Gasteiger partial charge is 0.299 e. The summed E-state index contributed by atoms with van der Waals surface area (Å²) in [6, 6.07) is 0. The molecule has 0 heterocycles. The monoisotopic (exact) mass is 218 g/mol. The minimum Gasteiger partial charge on any atom is -0.299 e. The maximum atomic E-state index is 12.3. The molecular weight excluding hydrogens is 196 g/mol. The van der Waals surface area contributed by atoms with Crippen molar-refractivity contribution in [2.45, 2.75) is 51.9 Å². The number of ketones is 1. The van der Waals surface area contributed by atoms with Crippen molar-refractivity contribution in [2.24, 2.45) is 11.3 Å². The predicted molar refractivity (Wildman–Crippen MR) is 67.2 cm³/mol. The molecule has 1 atom stereocenters. The van der Waals surface area contributed by atoms with Crippen molar-refractivity contribution in [3.63, 3.8) is 0 Å². The third-order valence-corrected chi connectivity index (χ3v) is 4.44. The van der Waals surface area contributed by atoms with Crippen molar-refractivity contribution in [3.05, 3.63) is 24.3 Å². The summed E-state index contributed by atoms with van der Waals surface area (Å²) in [5.41, 5.74) is 1.64. The molecule has 0 amide bonds. The molecule has 1 spiro atoms. The predicted octanol–water partition coefficient (Wildman–Crippen LogP) is 4.05. The van der Waals surface area contributed by atoms with Crippen molar-refractivity contribution in [2.75, 3.05) is 0 Å². The maximum Gasteiger partial charge on any atom is 0.144 e. The van der Waals surface area contributed by atoms with E-state index in [0.29, 0.717) is 17.6 Å². The van der Waals surface area contributed by atoms with Gasteiger partial charge in [0.1, 0.15) is 5.78 Å². The van der Waals surface area contributed by atoms with Gasteiger partial charge in [-0.3, -0.25) is 4.79 Å². The van der Waals surface area contributed by atoms with E-state index in [1.165, 1.54) is 44.1 Å². The maximum absolute atomic E-state index is 12.3. The first-order chi connectivity index (χ1) is 7.69. The molecule has 1 fully saturated rings. The lowest BCUT2D eigenvalue weighted by atomic mass is 9.63. The number of allylic oxidation sites excluding steroid dienone is 3. The summed E-state index contributed by atoms with van der Waals surface area (Å²) >= 11 is 0. The van der Waals surface area contributed by atoms with Crippen LogP contribution in [0.5, 0.6) is 0 Å². The summed E-state index contributed by atoms with van der Waals surface area (Å²) in [5.74, 6) is 0.590. The molecule has 1 heteroatoms. The van der Waals surface area contributed by atoms with E-state index in [-0.39, 0.29) is 5.92 Å². The Morgan fingerprint density at radius 1 is 1.50 bits per heavy atom. The number of carbonyl (C=O) groups is 1. The van der Waals surface area contributed by atoms with E-state index in [1.54, 1.807) is 6.08 Å². The van der Waals surface area contributed by atoms with Crippen LogP contribution in [0.1, 0.15) is 51.9 Å². The lowest BCUT2D eigenvalue weighted by Gasteiger charge is -2.40. The highest BCUT2D eigenvalue weighted by atomic mass is 16.1. The van der Waals surface area contributed by atoms with E-state index in [4.69, 9.17) is 0 Å². The molecule has 16 heavy (non-hydrogen) atoms. The fourth-order valence-electron chi connectivity index (χ4n) is 3.81. The summed E-state index contributed by atoms with van der Waals surface area (Å²) in [7, 11) is 0. The Bertz CT molecular complexity index is 318. The minimum atomic E-state index is 0.196. The molecule has 0 N–H and O–H groups in total. The fourth-order valence-corrected chi connectivity index (χ4v) is 3.81. The fraction of sp³-hybridized carbons (Fsp3) is 0.667. The topological polar surface area (TPSA) is 17.1 Å². The summed E-state index contributed by atoms with van der Waals surface area (Å²) in [6.07, 6.45) is 12.1. The normalized spacial score (nSPS) is 27.8. The Labute approximate surface area is 98.6 Å². The average molecular weight is 218 g/mol. The summed E-state index contributed by atoms with van der Waals surface area (Å²) < 4.78 is 0. The van der Waals surface area contributed by atoms with Gasteiger partial charge in [-0.1, -0.05) is 30.6 Å². The number of hydrogen-bond donors (Lipinski definition) is 0. The first kappa shape index (κ1) is 11.6. The third kappa shape index (κ3) is 1.88. The summed E-state index contributed by atoms with van der Waals surface area (Å²) in [5, 5.41) is 0. The third-order valence-electron chi connectivity index (χ3n) is 4.44. The molecule has 0 bridgehead atoms. The number of rotatable bonds is 3. The molecule has 0 radical (unpaired) electrons. The van der Waals surface area contributed by atoms with Gasteiger partial charge >= 0.3 is 0 Å². The van der Waals surface area contributed by atoms with Crippen LogP contribution < -0.4 is 0 Å². The Kier molecular flexibility index (Phi) is 3.32. The van der Waals surface area contributed by atoms with Gasteiger partial charge in [0.05, 0.1) is 0 Å². The molecule has 1 saturated carbocycles. The summed E-state index contributed by atoms with van der Waals surface area (Å²) in [4.78, 5) is 12.3. The molecule has 1 unspecified atom stereocenters. The molecule has 2 aliphatic rings. The van der Waals surface area contributed by atoms with E-state index in [0.717, 1.165) is 0 Å². The highest BCUT2D eigenvalue weighted by Gasteiger charge is 2.45. The van der Waals surface area contributed by atoms with Gasteiger partial charge in [-0.25, -0.2) is 0 Å². The van der Waals surface area contributed by atoms with Gasteiger partial charge in [-0.05, 0) is 38.0 Å². The van der Waals surface area contributed by atoms with E-state index in [9.17, 15) is 4.79 Å². The van der Waals surface area contributed by atoms with Crippen molar-refractivity contribution >= 4 is 5.78 Å². The van der Waals surface area contributed by atoms with Crippen LogP contribution in [0, 0.1) is 11.3 Å². The van der Waals surface area contributed by atoms with Gasteiger partial charge < -0.3 is 0 Å². The first-order valence-electron chi connectivity index (χ1n) is 6.50. The van der Waals surface area contributed by atoms with E-state index in [2.05, 4.69) is 19.6 Å². The van der Waals surface area contributed by atoms with E-state index >= 15 is 0 Å². The molecule has 88 valence electrons. The van der Waals surface area contributed by atoms with Crippen LogP contribution in [-0.2, 0) is 4.79 Å². The zero-order chi connectivity index (χ0) is 11.6. The van der Waals surface area contributed by atoms with E-state index < -0.39 is 0 Å². The standard InChI is InChI=1S/C15H22O/c1-3-7-13(16)14-12(2)8-6-11-15(14)9-4-5-10-15/h3,8,14H,1,4-7,9-11H2,2H3. The minimum absolute atomic E-state index is 0.196. The van der Waals surface area contributed by atoms with Gasteiger partial charge in [-0.15, -0.1) is 6.58 Å². The molecule has 0 aromatic heterocycles. The Balaban J connectivity index is 2.27. The van der Waals surface area contributed by atoms with Crippen LogP contribution in [-0.4, -0.2) is 5.78 Å². The molecule has 0 aliphatic heterocycles. The van der Waals surface area contributed by atoms with Gasteiger partial charge in [0.25, 0.3) is 0 Å². The highest BCUT2D eigenvalue weighted by molar-refractivity contribution is 5.86. The smallest absolute Gasteiger partial charge is 0.144 e. The van der Waals surface area contributed by atoms with Crippen LogP contribution in [0.15, 0.2) is 24.3 Å². The summed E-state index contributed by atoms with van der Waals surface area (Å²) in [6.45, 7) is 5.84. The zero-order valence-corrected chi connectivity index (χ0v) is 10.3. The van der Waals surface area contributed by atoms with Gasteiger partial charge in [0.2, 0.25) is 0 Å². The van der Waals surface area contributed by atoms with Gasteiger partial charge in [0.15, 0.2) is 0 Å². The van der Waals surface area contributed by atoms with Crippen molar-refractivity contribution in [3.8, 4) is 0 Å². The van der Waals surface area contributed by atoms with Gasteiger partial charge in [-0.2, -0.15) is 0 Å². The Morgan fingerprint density at radius 2 is 2.19 bits per heavy atom. The van der Waals surface area contributed by atoms with Crippen molar-refractivity contribution < 1.29 is 4.79 Å². The second-order valence-corrected chi connectivity index (χ2v) is 5.45. The van der Waals surface area contributed by atoms with Crippen LogP contribution in [0.4, 0.5) is 0 Å². The molecule has 1 nitrogen and oxygen atoms in total. The van der Waals surface area contributed by atoms with Crippen LogP contribution in [0.25, 0.3) is 0 Å². The van der Waals surface area contributed by atoms with Crippen LogP contribution >= 0.6 is 0 Å². The lowest BCUT2D eigenvalue weighted by molar-refractivity contribution is -0.125. The first-order valence-corrected chi connectivity index (χ1v) is 6.50. The number of carbonyl (C=O) groups excluding carboxylic acids is 1. The average Bonchev–Trinajstić information content (AvgIpc) is 2.67.